The Bertz CT molecular complexity index is 483. The van der Waals surface area contributed by atoms with Gasteiger partial charge in [-0.1, -0.05) is 31.5 Å². The molecular weight excluding hydrogens is 262 g/mol. The van der Waals surface area contributed by atoms with E-state index in [9.17, 15) is 4.79 Å². The van der Waals surface area contributed by atoms with E-state index in [0.717, 1.165) is 17.3 Å². The summed E-state index contributed by atoms with van der Waals surface area (Å²) in [5.74, 6) is -0.495. The highest BCUT2D eigenvalue weighted by Gasteiger charge is 2.16. The molecule has 3 nitrogen and oxygen atoms in total. The maximum absolute atomic E-state index is 10.7. The number of carboxylic acid groups (broad SMARTS) is 1. The summed E-state index contributed by atoms with van der Waals surface area (Å²) in [5, 5.41) is 9.30. The largest absolute Gasteiger partial charge is 0.478 e. The molecule has 4 heteroatoms. The van der Waals surface area contributed by atoms with Gasteiger partial charge in [-0.05, 0) is 31.1 Å². The van der Waals surface area contributed by atoms with Crippen molar-refractivity contribution in [2.75, 3.05) is 11.9 Å². The first-order chi connectivity index (χ1) is 8.84. The van der Waals surface area contributed by atoms with Crippen LogP contribution in [0.15, 0.2) is 24.3 Å². The van der Waals surface area contributed by atoms with E-state index in [-0.39, 0.29) is 0 Å². The number of aliphatic carboxylic acids is 1. The Balaban J connectivity index is 3.20. The van der Waals surface area contributed by atoms with Gasteiger partial charge in [0, 0.05) is 35.4 Å². The lowest BCUT2D eigenvalue weighted by atomic mass is 10.0. The van der Waals surface area contributed by atoms with E-state index >= 15 is 0 Å². The summed E-state index contributed by atoms with van der Waals surface area (Å²) in [4.78, 5) is 12.8. The number of benzene rings is 1. The number of anilines is 1. The Morgan fingerprint density at radius 3 is 2.53 bits per heavy atom. The average molecular weight is 282 g/mol. The third kappa shape index (κ3) is 4.00. The lowest BCUT2D eigenvalue weighted by Crippen LogP contribution is -2.33. The molecule has 1 rings (SSSR count). The van der Waals surface area contributed by atoms with Gasteiger partial charge in [0.05, 0.1) is 0 Å². The maximum atomic E-state index is 10.7. The van der Waals surface area contributed by atoms with Crippen LogP contribution >= 0.6 is 11.6 Å². The molecule has 0 spiro atoms. The summed E-state index contributed by atoms with van der Waals surface area (Å²) in [6.45, 7) is 6.44. The molecule has 0 aliphatic rings. The quantitative estimate of drug-likeness (QED) is 0.832. The molecule has 0 amide bonds. The SMILES string of the molecule is CC(C)C(C)N(C)c1cccc(Cl)c1/C=C/C(=O)O. The van der Waals surface area contributed by atoms with Crippen LogP contribution in [-0.2, 0) is 4.79 Å². The minimum atomic E-state index is -0.981. The fraction of sp³-hybridized carbons (Fsp3) is 0.400. The molecule has 0 saturated heterocycles. The molecule has 0 heterocycles. The fourth-order valence-corrected chi connectivity index (χ4v) is 2.05. The molecule has 0 aliphatic carbocycles. The summed E-state index contributed by atoms with van der Waals surface area (Å²) in [6, 6.07) is 5.92. The Morgan fingerprint density at radius 1 is 1.37 bits per heavy atom. The number of hydrogen-bond donors (Lipinski definition) is 1. The predicted molar refractivity (Wildman–Crippen MR) is 80.8 cm³/mol. The van der Waals surface area contributed by atoms with Crippen molar-refractivity contribution in [3.8, 4) is 0 Å². The summed E-state index contributed by atoms with van der Waals surface area (Å²) < 4.78 is 0. The van der Waals surface area contributed by atoms with Gasteiger partial charge in [0.15, 0.2) is 0 Å². The van der Waals surface area contributed by atoms with Crippen molar-refractivity contribution in [1.82, 2.24) is 0 Å². The van der Waals surface area contributed by atoms with E-state index in [1.165, 1.54) is 0 Å². The zero-order chi connectivity index (χ0) is 14.6. The van der Waals surface area contributed by atoms with Crippen LogP contribution in [0.5, 0.6) is 0 Å². The first kappa shape index (κ1) is 15.6. The van der Waals surface area contributed by atoms with Crippen molar-refractivity contribution in [3.05, 3.63) is 34.9 Å². The van der Waals surface area contributed by atoms with Gasteiger partial charge in [-0.25, -0.2) is 4.79 Å². The molecule has 1 aromatic carbocycles. The third-order valence-electron chi connectivity index (χ3n) is 3.38. The van der Waals surface area contributed by atoms with Gasteiger partial charge in [-0.15, -0.1) is 0 Å². The lowest BCUT2D eigenvalue weighted by molar-refractivity contribution is -0.131. The van der Waals surface area contributed by atoms with Gasteiger partial charge in [0.25, 0.3) is 0 Å². The number of hydrogen-bond acceptors (Lipinski definition) is 2. The Hall–Kier alpha value is -1.48. The highest BCUT2D eigenvalue weighted by molar-refractivity contribution is 6.32. The molecule has 0 aromatic heterocycles. The fourth-order valence-electron chi connectivity index (χ4n) is 1.82. The number of carbonyl (C=O) groups is 1. The Kier molecular flexibility index (Phi) is 5.43. The Labute approximate surface area is 119 Å². The standard InChI is InChI=1S/C15H20ClNO2/c1-10(2)11(3)17(4)14-7-5-6-13(16)12(14)8-9-15(18)19/h5-11H,1-4H3,(H,18,19)/b9-8+. The highest BCUT2D eigenvalue weighted by Crippen LogP contribution is 2.30. The molecule has 1 N–H and O–H groups in total. The van der Waals surface area contributed by atoms with Gasteiger partial charge in [0.2, 0.25) is 0 Å². The zero-order valence-electron chi connectivity index (χ0n) is 11.7. The van der Waals surface area contributed by atoms with Crippen LogP contribution < -0.4 is 4.90 Å². The molecule has 104 valence electrons. The third-order valence-corrected chi connectivity index (χ3v) is 3.71. The van der Waals surface area contributed by atoms with Crippen LogP contribution in [0.4, 0.5) is 5.69 Å². The number of carboxylic acids is 1. The van der Waals surface area contributed by atoms with Crippen LogP contribution in [0, 0.1) is 5.92 Å². The van der Waals surface area contributed by atoms with Crippen LogP contribution in [0.1, 0.15) is 26.3 Å². The first-order valence-electron chi connectivity index (χ1n) is 6.27. The molecule has 0 saturated carbocycles. The van der Waals surface area contributed by atoms with Crippen molar-refractivity contribution < 1.29 is 9.90 Å². The Morgan fingerprint density at radius 2 is 2.00 bits per heavy atom. The zero-order valence-corrected chi connectivity index (χ0v) is 12.5. The van der Waals surface area contributed by atoms with Crippen molar-refractivity contribution in [2.24, 2.45) is 5.92 Å². The predicted octanol–water partition coefficient (Wildman–Crippen LogP) is 3.92. The maximum Gasteiger partial charge on any atom is 0.328 e. The summed E-state index contributed by atoms with van der Waals surface area (Å²) in [6.07, 6.45) is 2.65. The van der Waals surface area contributed by atoms with Crippen molar-refractivity contribution in [2.45, 2.75) is 26.8 Å². The summed E-state index contributed by atoms with van der Waals surface area (Å²) >= 11 is 6.17. The lowest BCUT2D eigenvalue weighted by Gasteiger charge is -2.31. The van der Waals surface area contributed by atoms with Crippen LogP contribution in [0.3, 0.4) is 0 Å². The van der Waals surface area contributed by atoms with Gasteiger partial charge in [-0.3, -0.25) is 0 Å². The van der Waals surface area contributed by atoms with Gasteiger partial charge >= 0.3 is 5.97 Å². The average Bonchev–Trinajstić information content (AvgIpc) is 2.34. The van der Waals surface area contributed by atoms with E-state index in [2.05, 4.69) is 25.7 Å². The van der Waals surface area contributed by atoms with Crippen molar-refractivity contribution in [3.63, 3.8) is 0 Å². The molecule has 0 radical (unpaired) electrons. The molecular formula is C15H20ClNO2. The van der Waals surface area contributed by atoms with E-state index in [0.29, 0.717) is 17.0 Å². The normalized spacial score (nSPS) is 12.9. The monoisotopic (exact) mass is 281 g/mol. The topological polar surface area (TPSA) is 40.5 Å². The second-order valence-corrected chi connectivity index (χ2v) is 5.35. The molecule has 19 heavy (non-hydrogen) atoms. The minimum Gasteiger partial charge on any atom is -0.478 e. The molecule has 0 bridgehead atoms. The van der Waals surface area contributed by atoms with E-state index < -0.39 is 5.97 Å². The number of nitrogens with zero attached hydrogens (tertiary/aromatic N) is 1. The van der Waals surface area contributed by atoms with Gasteiger partial charge in [-0.2, -0.15) is 0 Å². The molecule has 1 aromatic rings. The van der Waals surface area contributed by atoms with Crippen LogP contribution in [0.25, 0.3) is 6.08 Å². The second kappa shape index (κ2) is 6.62. The minimum absolute atomic E-state index is 0.329. The van der Waals surface area contributed by atoms with Crippen molar-refractivity contribution >= 4 is 29.3 Å². The number of halogens is 1. The van der Waals surface area contributed by atoms with Crippen molar-refractivity contribution in [1.29, 1.82) is 0 Å². The van der Waals surface area contributed by atoms with Crippen LogP contribution in [0.2, 0.25) is 5.02 Å². The first-order valence-corrected chi connectivity index (χ1v) is 6.64. The number of rotatable bonds is 5. The molecule has 1 atom stereocenters. The molecule has 1 unspecified atom stereocenters. The van der Waals surface area contributed by atoms with Crippen LogP contribution in [-0.4, -0.2) is 24.2 Å². The van der Waals surface area contributed by atoms with E-state index in [1.54, 1.807) is 12.1 Å². The van der Waals surface area contributed by atoms with Gasteiger partial charge < -0.3 is 10.0 Å². The molecule has 0 aliphatic heterocycles. The van der Waals surface area contributed by atoms with E-state index in [4.69, 9.17) is 16.7 Å². The highest BCUT2D eigenvalue weighted by atomic mass is 35.5. The van der Waals surface area contributed by atoms with E-state index in [1.807, 2.05) is 19.2 Å². The summed E-state index contributed by atoms with van der Waals surface area (Å²) in [5.41, 5.74) is 1.67. The second-order valence-electron chi connectivity index (χ2n) is 4.94. The smallest absolute Gasteiger partial charge is 0.328 e. The van der Waals surface area contributed by atoms with Gasteiger partial charge in [0.1, 0.15) is 0 Å². The summed E-state index contributed by atoms with van der Waals surface area (Å²) in [7, 11) is 1.99. The molecule has 0 fully saturated rings.